The van der Waals surface area contributed by atoms with Crippen molar-refractivity contribution in [2.45, 2.75) is 32.6 Å². The predicted molar refractivity (Wildman–Crippen MR) is 54.2 cm³/mol. The third-order valence-corrected chi connectivity index (χ3v) is 1.80. The number of alkyl halides is 1. The number of carbonyl (C=O) groups excluding carboxylic acids is 1. The van der Waals surface area contributed by atoms with Crippen molar-refractivity contribution in [1.82, 2.24) is 5.32 Å². The topological polar surface area (TPSA) is 38.3 Å². The van der Waals surface area contributed by atoms with Crippen LogP contribution in [-0.4, -0.2) is 25.1 Å². The van der Waals surface area contributed by atoms with Crippen LogP contribution in [0.5, 0.6) is 0 Å². The third-order valence-electron chi connectivity index (χ3n) is 1.53. The van der Waals surface area contributed by atoms with Gasteiger partial charge in [-0.25, -0.2) is 4.79 Å². The Kier molecular flexibility index (Phi) is 9.32. The number of nitrogens with one attached hydrogen (secondary N) is 1. The predicted octanol–water partition coefficient (Wildman–Crippen LogP) is 2.53. The van der Waals surface area contributed by atoms with Crippen LogP contribution < -0.4 is 5.32 Å². The van der Waals surface area contributed by atoms with Gasteiger partial charge in [-0.2, -0.15) is 0 Å². The van der Waals surface area contributed by atoms with Crippen molar-refractivity contribution >= 4 is 17.7 Å². The number of ether oxygens (including phenoxy) is 1. The molecule has 0 aliphatic heterocycles. The molecule has 0 unspecified atom stereocenters. The van der Waals surface area contributed by atoms with Crippen LogP contribution in [0.3, 0.4) is 0 Å². The van der Waals surface area contributed by atoms with Crippen LogP contribution in [0, 0.1) is 0 Å². The molecule has 0 saturated carbocycles. The maximum absolute atomic E-state index is 10.9. The molecule has 0 spiro atoms. The van der Waals surface area contributed by atoms with Crippen LogP contribution in [0.1, 0.15) is 32.6 Å². The second-order valence-corrected chi connectivity index (χ2v) is 3.19. The summed E-state index contributed by atoms with van der Waals surface area (Å²) in [6.45, 7) is 3.17. The lowest BCUT2D eigenvalue weighted by Gasteiger charge is -2.04. The van der Waals surface area contributed by atoms with Crippen molar-refractivity contribution < 1.29 is 9.53 Å². The Labute approximate surface area is 84.8 Å². The summed E-state index contributed by atoms with van der Waals surface area (Å²) in [5.74, 6) is 0.683. The van der Waals surface area contributed by atoms with Crippen LogP contribution in [0.2, 0.25) is 0 Å². The molecule has 0 heterocycles. The van der Waals surface area contributed by atoms with Crippen molar-refractivity contribution in [3.8, 4) is 0 Å². The third kappa shape index (κ3) is 9.47. The summed E-state index contributed by atoms with van der Waals surface area (Å²) < 4.78 is 4.90. The van der Waals surface area contributed by atoms with Gasteiger partial charge in [-0.05, 0) is 25.7 Å². The van der Waals surface area contributed by atoms with Gasteiger partial charge in [0.15, 0.2) is 0 Å². The van der Waals surface area contributed by atoms with E-state index in [1.807, 2.05) is 6.92 Å². The SMILES string of the molecule is CCCNC(=O)OCCCCCCl. The first-order valence-electron chi connectivity index (χ1n) is 4.77. The van der Waals surface area contributed by atoms with Crippen LogP contribution in [0.15, 0.2) is 0 Å². The molecule has 0 radical (unpaired) electrons. The lowest BCUT2D eigenvalue weighted by molar-refractivity contribution is 0.144. The molecule has 1 amide bonds. The van der Waals surface area contributed by atoms with E-state index in [0.717, 1.165) is 25.7 Å². The summed E-state index contributed by atoms with van der Waals surface area (Å²) in [6.07, 6.45) is 3.52. The quantitative estimate of drug-likeness (QED) is 0.515. The second-order valence-electron chi connectivity index (χ2n) is 2.81. The molecule has 0 fully saturated rings. The zero-order valence-corrected chi connectivity index (χ0v) is 8.90. The molecule has 0 aromatic carbocycles. The highest BCUT2D eigenvalue weighted by Gasteiger charge is 1.98. The molecule has 0 bridgehead atoms. The van der Waals surface area contributed by atoms with Crippen LogP contribution in [0.25, 0.3) is 0 Å². The molecule has 0 aromatic heterocycles. The van der Waals surface area contributed by atoms with Crippen LogP contribution >= 0.6 is 11.6 Å². The molecule has 4 heteroatoms. The van der Waals surface area contributed by atoms with Gasteiger partial charge in [0.05, 0.1) is 6.61 Å². The minimum Gasteiger partial charge on any atom is -0.450 e. The van der Waals surface area contributed by atoms with E-state index < -0.39 is 0 Å². The fourth-order valence-corrected chi connectivity index (χ4v) is 1.01. The molecule has 3 nitrogen and oxygen atoms in total. The average molecular weight is 208 g/mol. The zero-order valence-electron chi connectivity index (χ0n) is 8.14. The van der Waals surface area contributed by atoms with E-state index in [-0.39, 0.29) is 6.09 Å². The molecular formula is C9H18ClNO2. The highest BCUT2D eigenvalue weighted by molar-refractivity contribution is 6.17. The first kappa shape index (κ1) is 12.6. The number of halogens is 1. The van der Waals surface area contributed by atoms with E-state index in [2.05, 4.69) is 5.32 Å². The Balaban J connectivity index is 3.08. The number of carbonyl (C=O) groups is 1. The van der Waals surface area contributed by atoms with Gasteiger partial charge in [-0.1, -0.05) is 6.92 Å². The normalized spacial score (nSPS) is 9.69. The van der Waals surface area contributed by atoms with Crippen LogP contribution in [0.4, 0.5) is 4.79 Å². The molecule has 0 aromatic rings. The lowest BCUT2D eigenvalue weighted by Crippen LogP contribution is -2.25. The van der Waals surface area contributed by atoms with E-state index in [0.29, 0.717) is 19.0 Å². The van der Waals surface area contributed by atoms with Crippen molar-refractivity contribution in [2.75, 3.05) is 19.0 Å². The van der Waals surface area contributed by atoms with Gasteiger partial charge >= 0.3 is 6.09 Å². The van der Waals surface area contributed by atoms with Gasteiger partial charge in [0.1, 0.15) is 0 Å². The minimum atomic E-state index is -0.312. The Bertz CT molecular complexity index is 131. The maximum atomic E-state index is 10.9. The molecule has 13 heavy (non-hydrogen) atoms. The van der Waals surface area contributed by atoms with E-state index in [4.69, 9.17) is 16.3 Å². The Morgan fingerprint density at radius 3 is 2.77 bits per heavy atom. The molecule has 0 rings (SSSR count). The largest absolute Gasteiger partial charge is 0.450 e. The van der Waals surface area contributed by atoms with E-state index in [1.54, 1.807) is 0 Å². The Morgan fingerprint density at radius 2 is 2.15 bits per heavy atom. The summed E-state index contributed by atoms with van der Waals surface area (Å²) in [5.41, 5.74) is 0. The minimum absolute atomic E-state index is 0.312. The monoisotopic (exact) mass is 207 g/mol. The van der Waals surface area contributed by atoms with Crippen molar-refractivity contribution in [3.63, 3.8) is 0 Å². The highest BCUT2D eigenvalue weighted by atomic mass is 35.5. The molecule has 0 atom stereocenters. The van der Waals surface area contributed by atoms with Gasteiger partial charge in [0, 0.05) is 12.4 Å². The maximum Gasteiger partial charge on any atom is 0.407 e. The van der Waals surface area contributed by atoms with Crippen LogP contribution in [-0.2, 0) is 4.74 Å². The Hall–Kier alpha value is -0.440. The Morgan fingerprint density at radius 1 is 1.38 bits per heavy atom. The number of alkyl carbamates (subject to hydrolysis) is 1. The smallest absolute Gasteiger partial charge is 0.407 e. The summed E-state index contributed by atoms with van der Waals surface area (Å²) in [5, 5.41) is 2.64. The van der Waals surface area contributed by atoms with Crippen molar-refractivity contribution in [1.29, 1.82) is 0 Å². The number of unbranched alkanes of at least 4 members (excludes halogenated alkanes) is 2. The average Bonchev–Trinajstić information content (AvgIpc) is 2.14. The van der Waals surface area contributed by atoms with Crippen molar-refractivity contribution in [3.05, 3.63) is 0 Å². The van der Waals surface area contributed by atoms with Crippen molar-refractivity contribution in [2.24, 2.45) is 0 Å². The fraction of sp³-hybridized carbons (Fsp3) is 0.889. The molecule has 0 aliphatic carbocycles. The lowest BCUT2D eigenvalue weighted by atomic mass is 10.3. The molecule has 78 valence electrons. The van der Waals surface area contributed by atoms with E-state index >= 15 is 0 Å². The van der Waals surface area contributed by atoms with Gasteiger partial charge < -0.3 is 10.1 Å². The molecule has 1 N–H and O–H groups in total. The van der Waals surface area contributed by atoms with E-state index in [1.165, 1.54) is 0 Å². The van der Waals surface area contributed by atoms with Gasteiger partial charge in [-0.3, -0.25) is 0 Å². The molecular weight excluding hydrogens is 190 g/mol. The standard InChI is InChI=1S/C9H18ClNO2/c1-2-7-11-9(12)13-8-5-3-4-6-10/h2-8H2,1H3,(H,11,12). The number of hydrogen-bond acceptors (Lipinski definition) is 2. The first-order valence-corrected chi connectivity index (χ1v) is 5.31. The number of rotatable bonds is 7. The van der Waals surface area contributed by atoms with Gasteiger partial charge in [-0.15, -0.1) is 11.6 Å². The summed E-state index contributed by atoms with van der Waals surface area (Å²) in [7, 11) is 0. The zero-order chi connectivity index (χ0) is 9.94. The highest BCUT2D eigenvalue weighted by Crippen LogP contribution is 1.97. The summed E-state index contributed by atoms with van der Waals surface area (Å²) in [4.78, 5) is 10.9. The molecule has 0 aliphatic rings. The van der Waals surface area contributed by atoms with Gasteiger partial charge in [0.2, 0.25) is 0 Å². The summed E-state index contributed by atoms with van der Waals surface area (Å²) >= 11 is 5.49. The first-order chi connectivity index (χ1) is 6.31. The molecule has 0 saturated heterocycles. The second kappa shape index (κ2) is 9.65. The summed E-state index contributed by atoms with van der Waals surface area (Å²) in [6, 6.07) is 0. The number of amides is 1. The number of hydrogen-bond donors (Lipinski definition) is 1. The van der Waals surface area contributed by atoms with Gasteiger partial charge in [0.25, 0.3) is 0 Å². The fourth-order valence-electron chi connectivity index (χ4n) is 0.816. The van der Waals surface area contributed by atoms with E-state index in [9.17, 15) is 4.79 Å².